The molecule has 2 fully saturated rings. The molecular weight excluding hydrogens is 318 g/mol. The van der Waals surface area contributed by atoms with Crippen molar-refractivity contribution < 1.29 is 9.59 Å². The molecule has 0 aromatic carbocycles. The van der Waals surface area contributed by atoms with Crippen LogP contribution in [0.25, 0.3) is 0 Å². The van der Waals surface area contributed by atoms with Crippen molar-refractivity contribution in [1.82, 2.24) is 20.2 Å². The zero-order valence-corrected chi connectivity index (χ0v) is 15.0. The summed E-state index contributed by atoms with van der Waals surface area (Å²) in [4.78, 5) is 37.4. The van der Waals surface area contributed by atoms with Gasteiger partial charge in [-0.3, -0.25) is 9.59 Å². The van der Waals surface area contributed by atoms with E-state index in [9.17, 15) is 9.59 Å². The van der Waals surface area contributed by atoms with Crippen molar-refractivity contribution in [3.63, 3.8) is 0 Å². The minimum atomic E-state index is -0.0947. The number of aromatic nitrogens is 2. The van der Waals surface area contributed by atoms with Crippen molar-refractivity contribution in [2.75, 3.05) is 38.1 Å². The number of amides is 2. The van der Waals surface area contributed by atoms with Crippen molar-refractivity contribution in [3.05, 3.63) is 17.1 Å². The van der Waals surface area contributed by atoms with E-state index in [1.165, 1.54) is 0 Å². The summed E-state index contributed by atoms with van der Waals surface area (Å²) >= 11 is 0. The van der Waals surface area contributed by atoms with Gasteiger partial charge >= 0.3 is 0 Å². The molecule has 7 heteroatoms. The van der Waals surface area contributed by atoms with E-state index >= 15 is 0 Å². The van der Waals surface area contributed by atoms with E-state index in [0.717, 1.165) is 56.7 Å². The molecule has 1 atom stereocenters. The Labute approximate surface area is 147 Å². The van der Waals surface area contributed by atoms with Crippen LogP contribution in [-0.4, -0.2) is 59.9 Å². The van der Waals surface area contributed by atoms with Crippen molar-refractivity contribution in [1.29, 1.82) is 0 Å². The maximum atomic E-state index is 12.2. The molecule has 134 valence electrons. The number of carbonyl (C=O) groups excluding carboxylic acids is 2. The smallest absolute Gasteiger partial charge is 0.270 e. The van der Waals surface area contributed by atoms with E-state index in [4.69, 9.17) is 4.98 Å². The summed E-state index contributed by atoms with van der Waals surface area (Å²) in [6.45, 7) is 5.15. The van der Waals surface area contributed by atoms with Crippen molar-refractivity contribution in [2.45, 2.75) is 39.0 Å². The molecule has 1 aromatic heterocycles. The lowest BCUT2D eigenvalue weighted by Crippen LogP contribution is -2.53. The van der Waals surface area contributed by atoms with Crippen LogP contribution >= 0.6 is 0 Å². The highest BCUT2D eigenvalue weighted by Gasteiger charge is 2.41. The minimum absolute atomic E-state index is 0.0947. The maximum absolute atomic E-state index is 12.2. The highest BCUT2D eigenvalue weighted by molar-refractivity contribution is 5.96. The lowest BCUT2D eigenvalue weighted by atomic mass is 9.73. The normalized spacial score (nSPS) is 26.6. The summed E-state index contributed by atoms with van der Waals surface area (Å²) in [5.41, 5.74) is 1.65. The first-order chi connectivity index (χ1) is 12.0. The summed E-state index contributed by atoms with van der Waals surface area (Å²) in [5, 5.41) is 2.87. The van der Waals surface area contributed by atoms with Crippen LogP contribution in [0.2, 0.25) is 0 Å². The SMILES string of the molecule is Cc1nc2c(c(N3CCCC4(CCC(=O)N(C)C4)C3)n1)CCNC2=O. The molecule has 0 saturated carbocycles. The quantitative estimate of drug-likeness (QED) is 0.820. The van der Waals surface area contributed by atoms with Crippen LogP contribution in [0.4, 0.5) is 5.82 Å². The summed E-state index contributed by atoms with van der Waals surface area (Å²) in [5.74, 6) is 1.72. The molecule has 25 heavy (non-hydrogen) atoms. The molecule has 2 amide bonds. The van der Waals surface area contributed by atoms with Crippen LogP contribution < -0.4 is 10.2 Å². The Balaban J connectivity index is 1.66. The third-order valence-electron chi connectivity index (χ3n) is 5.80. The Kier molecular flexibility index (Phi) is 3.89. The van der Waals surface area contributed by atoms with E-state index in [0.29, 0.717) is 24.5 Å². The van der Waals surface area contributed by atoms with Crippen molar-refractivity contribution in [3.8, 4) is 0 Å². The number of nitrogens with zero attached hydrogens (tertiary/aromatic N) is 4. The number of hydrogen-bond donors (Lipinski definition) is 1. The van der Waals surface area contributed by atoms with Crippen LogP contribution in [0.5, 0.6) is 0 Å². The number of carbonyl (C=O) groups is 2. The van der Waals surface area contributed by atoms with Gasteiger partial charge in [0.15, 0.2) is 0 Å². The van der Waals surface area contributed by atoms with Crippen LogP contribution in [0.15, 0.2) is 0 Å². The fraction of sp³-hybridized carbons (Fsp3) is 0.667. The van der Waals surface area contributed by atoms with Crippen LogP contribution in [0.3, 0.4) is 0 Å². The van der Waals surface area contributed by atoms with Gasteiger partial charge in [-0.1, -0.05) is 0 Å². The molecule has 4 heterocycles. The van der Waals surface area contributed by atoms with Crippen molar-refractivity contribution >= 4 is 17.6 Å². The standard InChI is InChI=1S/C18H25N5O2/c1-12-20-15-13(5-8-19-17(15)25)16(21-12)23-9-3-6-18(11-23)7-4-14(24)22(2)10-18/h3-11H2,1-2H3,(H,19,25). The first-order valence-electron chi connectivity index (χ1n) is 9.12. The maximum Gasteiger partial charge on any atom is 0.270 e. The molecule has 3 aliphatic heterocycles. The largest absolute Gasteiger partial charge is 0.356 e. The molecule has 2 saturated heterocycles. The topological polar surface area (TPSA) is 78.4 Å². The average molecular weight is 343 g/mol. The monoisotopic (exact) mass is 343 g/mol. The van der Waals surface area contributed by atoms with Crippen LogP contribution in [-0.2, 0) is 11.2 Å². The van der Waals surface area contributed by atoms with Gasteiger partial charge in [0.05, 0.1) is 0 Å². The fourth-order valence-corrected chi connectivity index (χ4v) is 4.60. The predicted octanol–water partition coefficient (Wildman–Crippen LogP) is 0.910. The summed E-state index contributed by atoms with van der Waals surface area (Å²) in [6.07, 6.45) is 4.59. The number of aryl methyl sites for hydroxylation is 1. The fourth-order valence-electron chi connectivity index (χ4n) is 4.60. The number of fused-ring (bicyclic) bond motifs is 1. The second-order valence-corrected chi connectivity index (χ2v) is 7.70. The molecule has 0 radical (unpaired) electrons. The molecule has 1 N–H and O–H groups in total. The van der Waals surface area contributed by atoms with Gasteiger partial charge in [-0.25, -0.2) is 9.97 Å². The Morgan fingerprint density at radius 3 is 2.76 bits per heavy atom. The van der Waals surface area contributed by atoms with Gasteiger partial charge in [-0.2, -0.15) is 0 Å². The first kappa shape index (κ1) is 16.3. The number of likely N-dealkylation sites (tertiary alicyclic amines) is 1. The zero-order chi connectivity index (χ0) is 17.6. The molecule has 7 nitrogen and oxygen atoms in total. The lowest BCUT2D eigenvalue weighted by molar-refractivity contribution is -0.136. The van der Waals surface area contributed by atoms with Gasteiger partial charge in [-0.15, -0.1) is 0 Å². The third-order valence-corrected chi connectivity index (χ3v) is 5.80. The van der Waals surface area contributed by atoms with Crippen LogP contribution in [0, 0.1) is 12.3 Å². The number of hydrogen-bond acceptors (Lipinski definition) is 5. The molecule has 1 unspecified atom stereocenters. The lowest BCUT2D eigenvalue weighted by Gasteiger charge is -2.48. The number of anilines is 1. The number of piperidine rings is 2. The highest BCUT2D eigenvalue weighted by atomic mass is 16.2. The number of rotatable bonds is 1. The Bertz CT molecular complexity index is 734. The molecular formula is C18H25N5O2. The molecule has 3 aliphatic rings. The molecule has 1 spiro atoms. The van der Waals surface area contributed by atoms with E-state index in [1.807, 2.05) is 18.9 Å². The average Bonchev–Trinajstić information content (AvgIpc) is 2.59. The van der Waals surface area contributed by atoms with Gasteiger partial charge in [0.2, 0.25) is 5.91 Å². The van der Waals surface area contributed by atoms with Gasteiger partial charge < -0.3 is 15.1 Å². The molecule has 4 rings (SSSR count). The second kappa shape index (κ2) is 5.97. The van der Waals surface area contributed by atoms with E-state index < -0.39 is 0 Å². The summed E-state index contributed by atoms with van der Waals surface area (Å²) < 4.78 is 0. The minimum Gasteiger partial charge on any atom is -0.356 e. The number of nitrogens with one attached hydrogen (secondary N) is 1. The first-order valence-corrected chi connectivity index (χ1v) is 9.12. The van der Waals surface area contributed by atoms with E-state index in [1.54, 1.807) is 0 Å². The summed E-state index contributed by atoms with van der Waals surface area (Å²) in [7, 11) is 1.91. The van der Waals surface area contributed by atoms with Crippen molar-refractivity contribution in [2.24, 2.45) is 5.41 Å². The summed E-state index contributed by atoms with van der Waals surface area (Å²) in [6, 6.07) is 0. The molecule has 1 aromatic rings. The van der Waals surface area contributed by atoms with Gasteiger partial charge in [0, 0.05) is 50.6 Å². The predicted molar refractivity (Wildman–Crippen MR) is 93.6 cm³/mol. The van der Waals surface area contributed by atoms with Gasteiger partial charge in [0.1, 0.15) is 17.3 Å². The van der Waals surface area contributed by atoms with Gasteiger partial charge in [-0.05, 0) is 32.6 Å². The molecule has 0 aliphatic carbocycles. The van der Waals surface area contributed by atoms with E-state index in [2.05, 4.69) is 15.2 Å². The van der Waals surface area contributed by atoms with Crippen LogP contribution in [0.1, 0.15) is 47.6 Å². The zero-order valence-electron chi connectivity index (χ0n) is 15.0. The Hall–Kier alpha value is -2.18. The highest BCUT2D eigenvalue weighted by Crippen LogP contribution is 2.40. The Morgan fingerprint density at radius 1 is 1.12 bits per heavy atom. The van der Waals surface area contributed by atoms with Gasteiger partial charge in [0.25, 0.3) is 5.91 Å². The second-order valence-electron chi connectivity index (χ2n) is 7.70. The third kappa shape index (κ3) is 2.85. The Morgan fingerprint density at radius 2 is 1.96 bits per heavy atom. The van der Waals surface area contributed by atoms with E-state index in [-0.39, 0.29) is 17.2 Å². The molecule has 0 bridgehead atoms.